The number of carbonyl (C=O) groups excluding carboxylic acids is 1. The highest BCUT2D eigenvalue weighted by Crippen LogP contribution is 2.39. The van der Waals surface area contributed by atoms with Crippen molar-refractivity contribution in [1.82, 2.24) is 19.4 Å². The maximum atomic E-state index is 13.3. The lowest BCUT2D eigenvalue weighted by atomic mass is 9.94. The van der Waals surface area contributed by atoms with Crippen LogP contribution < -0.4 is 5.73 Å². The van der Waals surface area contributed by atoms with Crippen LogP contribution in [-0.2, 0) is 18.3 Å². The number of aryl methyl sites for hydroxylation is 2. The number of carbonyl (C=O) groups is 2. The summed E-state index contributed by atoms with van der Waals surface area (Å²) in [5.41, 5.74) is 13.8. The molecule has 0 radical (unpaired) electrons. The standard InChI is InChI=1S/C31H25N5O3S2/c1-17-24(25-22(7-4-13-33-25)26-27(17)35(2)30(32)34-26)21-6-3-5-19(15-21)16-23-28(37)36(31(40)41-23)14-12-18-8-10-20(11-9-18)29(38)39/h3-11,13,15-16H,12,14H2,1-2H3,(H2,32,34)(H,38,39). The van der Waals surface area contributed by atoms with E-state index in [0.717, 1.165) is 49.8 Å². The lowest BCUT2D eigenvalue weighted by Gasteiger charge is -2.14. The smallest absolute Gasteiger partial charge is 0.335 e. The number of nitrogens with two attached hydrogens (primary N) is 1. The zero-order valence-corrected chi connectivity index (χ0v) is 23.9. The molecule has 3 N–H and O–H groups in total. The number of carboxylic acids is 1. The highest BCUT2D eigenvalue weighted by molar-refractivity contribution is 8.26. The molecule has 0 aliphatic carbocycles. The molecule has 6 rings (SSSR count). The Balaban J connectivity index is 1.31. The van der Waals surface area contributed by atoms with E-state index in [-0.39, 0.29) is 11.5 Å². The lowest BCUT2D eigenvalue weighted by Crippen LogP contribution is -2.30. The molecule has 0 spiro atoms. The Morgan fingerprint density at radius 1 is 1.12 bits per heavy atom. The Morgan fingerprint density at radius 3 is 2.66 bits per heavy atom. The maximum absolute atomic E-state index is 13.3. The number of hydrogen-bond donors (Lipinski definition) is 2. The van der Waals surface area contributed by atoms with Crippen molar-refractivity contribution in [2.45, 2.75) is 13.3 Å². The van der Waals surface area contributed by atoms with Crippen LogP contribution >= 0.6 is 24.0 Å². The van der Waals surface area contributed by atoms with Gasteiger partial charge >= 0.3 is 5.97 Å². The summed E-state index contributed by atoms with van der Waals surface area (Å²) in [5, 5.41) is 10.0. The first-order chi connectivity index (χ1) is 19.7. The fourth-order valence-electron chi connectivity index (χ4n) is 5.26. The summed E-state index contributed by atoms with van der Waals surface area (Å²) in [5.74, 6) is -0.661. The van der Waals surface area contributed by atoms with E-state index < -0.39 is 5.97 Å². The maximum Gasteiger partial charge on any atom is 0.335 e. The molecule has 1 fully saturated rings. The Kier molecular flexibility index (Phi) is 6.80. The number of benzene rings is 3. The first-order valence-electron chi connectivity index (χ1n) is 12.9. The van der Waals surface area contributed by atoms with Crippen LogP contribution in [0.4, 0.5) is 5.95 Å². The van der Waals surface area contributed by atoms with Crippen LogP contribution in [0, 0.1) is 6.92 Å². The van der Waals surface area contributed by atoms with E-state index in [4.69, 9.17) is 28.0 Å². The summed E-state index contributed by atoms with van der Waals surface area (Å²) in [6.07, 6.45) is 4.21. The van der Waals surface area contributed by atoms with Crippen LogP contribution in [0.3, 0.4) is 0 Å². The zero-order chi connectivity index (χ0) is 28.8. The molecular formula is C31H25N5O3S2. The van der Waals surface area contributed by atoms with Crippen LogP contribution in [0.2, 0.25) is 0 Å². The first kappa shape index (κ1) is 26.7. The number of carboxylic acid groups (broad SMARTS) is 1. The predicted molar refractivity (Wildman–Crippen MR) is 168 cm³/mol. The predicted octanol–water partition coefficient (Wildman–Crippen LogP) is 5.82. The molecule has 2 aromatic heterocycles. The topological polar surface area (TPSA) is 114 Å². The number of amides is 1. The van der Waals surface area contributed by atoms with Gasteiger partial charge in [-0.15, -0.1) is 0 Å². The molecule has 41 heavy (non-hydrogen) atoms. The normalized spacial score (nSPS) is 14.6. The minimum absolute atomic E-state index is 0.136. The number of thioether (sulfide) groups is 1. The third kappa shape index (κ3) is 4.75. The minimum Gasteiger partial charge on any atom is -0.478 e. The van der Waals surface area contributed by atoms with E-state index in [2.05, 4.69) is 18.0 Å². The second-order valence-corrected chi connectivity index (χ2v) is 11.5. The Hall–Kier alpha value is -4.54. The fraction of sp³-hybridized carbons (Fsp3) is 0.129. The number of thiocarbonyl (C=S) groups is 1. The Labute approximate surface area is 245 Å². The molecule has 1 amide bonds. The number of aromatic nitrogens is 3. The minimum atomic E-state index is -0.968. The van der Waals surface area contributed by atoms with E-state index in [1.165, 1.54) is 11.8 Å². The molecule has 5 aromatic rings. The number of nitrogen functional groups attached to an aromatic ring is 1. The van der Waals surface area contributed by atoms with Gasteiger partial charge in [0.15, 0.2) is 0 Å². The molecule has 8 nitrogen and oxygen atoms in total. The third-order valence-electron chi connectivity index (χ3n) is 7.33. The largest absolute Gasteiger partial charge is 0.478 e. The van der Waals surface area contributed by atoms with Crippen molar-refractivity contribution >= 4 is 74.1 Å². The van der Waals surface area contributed by atoms with Gasteiger partial charge in [-0.3, -0.25) is 14.7 Å². The summed E-state index contributed by atoms with van der Waals surface area (Å²) >= 11 is 6.82. The average Bonchev–Trinajstić information content (AvgIpc) is 3.41. The highest BCUT2D eigenvalue weighted by atomic mass is 32.2. The van der Waals surface area contributed by atoms with Gasteiger partial charge in [-0.05, 0) is 72.0 Å². The number of nitrogens with zero attached hydrogens (tertiary/aromatic N) is 4. The second-order valence-electron chi connectivity index (χ2n) is 9.84. The van der Waals surface area contributed by atoms with Crippen LogP contribution in [0.1, 0.15) is 27.0 Å². The van der Waals surface area contributed by atoms with Crippen molar-refractivity contribution in [2.24, 2.45) is 7.05 Å². The molecule has 0 atom stereocenters. The number of pyridine rings is 1. The van der Waals surface area contributed by atoms with Crippen LogP contribution in [-0.4, -0.2) is 47.3 Å². The lowest BCUT2D eigenvalue weighted by molar-refractivity contribution is -0.122. The quantitative estimate of drug-likeness (QED) is 0.191. The fourth-order valence-corrected chi connectivity index (χ4v) is 6.57. The van der Waals surface area contributed by atoms with Gasteiger partial charge in [-0.25, -0.2) is 9.78 Å². The molecule has 1 aliphatic rings. The van der Waals surface area contributed by atoms with Gasteiger partial charge in [-0.1, -0.05) is 54.3 Å². The molecular weight excluding hydrogens is 555 g/mol. The van der Waals surface area contributed by atoms with Crippen molar-refractivity contribution in [3.05, 3.63) is 94.0 Å². The number of aromatic carboxylic acids is 1. The van der Waals surface area contributed by atoms with Gasteiger partial charge < -0.3 is 15.4 Å². The van der Waals surface area contributed by atoms with E-state index in [9.17, 15) is 9.59 Å². The molecule has 204 valence electrons. The van der Waals surface area contributed by atoms with E-state index >= 15 is 0 Å². The van der Waals surface area contributed by atoms with Crippen molar-refractivity contribution in [1.29, 1.82) is 0 Å². The SMILES string of the molecule is Cc1c(-c2cccc(C=C3SC(=S)N(CCc4ccc(C(=O)O)cc4)C3=O)c2)c2ncccc2c2nc(N)n(C)c12. The van der Waals surface area contributed by atoms with E-state index in [0.29, 0.717) is 28.1 Å². The Bertz CT molecular complexity index is 1930. The Morgan fingerprint density at radius 2 is 1.90 bits per heavy atom. The first-order valence-corrected chi connectivity index (χ1v) is 14.1. The molecule has 1 saturated heterocycles. The van der Waals surface area contributed by atoms with Crippen molar-refractivity contribution in [3.63, 3.8) is 0 Å². The van der Waals surface area contributed by atoms with Gasteiger partial charge in [0.05, 0.1) is 21.5 Å². The van der Waals surface area contributed by atoms with Crippen molar-refractivity contribution in [2.75, 3.05) is 12.3 Å². The number of fused-ring (bicyclic) bond motifs is 3. The van der Waals surface area contributed by atoms with Gasteiger partial charge in [0.1, 0.15) is 9.84 Å². The van der Waals surface area contributed by atoms with Gasteiger partial charge in [0.2, 0.25) is 5.95 Å². The number of rotatable bonds is 6. The molecule has 3 heterocycles. The monoisotopic (exact) mass is 579 g/mol. The van der Waals surface area contributed by atoms with Crippen molar-refractivity contribution in [3.8, 4) is 11.1 Å². The van der Waals surface area contributed by atoms with E-state index in [1.54, 1.807) is 35.4 Å². The summed E-state index contributed by atoms with van der Waals surface area (Å²) in [6.45, 7) is 2.47. The molecule has 0 saturated carbocycles. The number of hydrogen-bond acceptors (Lipinski definition) is 7. The molecule has 1 aliphatic heterocycles. The second kappa shape index (κ2) is 10.5. The van der Waals surface area contributed by atoms with Crippen molar-refractivity contribution < 1.29 is 14.7 Å². The highest BCUT2D eigenvalue weighted by Gasteiger charge is 2.31. The molecule has 0 unspecified atom stereocenters. The van der Waals surface area contributed by atoms with Crippen LogP contribution in [0.25, 0.3) is 39.1 Å². The summed E-state index contributed by atoms with van der Waals surface area (Å²) < 4.78 is 2.40. The molecule has 3 aromatic carbocycles. The van der Waals surface area contributed by atoms with Crippen LogP contribution in [0.15, 0.2) is 71.8 Å². The van der Waals surface area contributed by atoms with Gasteiger partial charge in [0.25, 0.3) is 5.91 Å². The third-order valence-corrected chi connectivity index (χ3v) is 8.71. The molecule has 10 heteroatoms. The summed E-state index contributed by atoms with van der Waals surface area (Å²) in [6, 6.07) is 18.6. The molecule has 0 bridgehead atoms. The summed E-state index contributed by atoms with van der Waals surface area (Å²) in [7, 11) is 1.91. The zero-order valence-electron chi connectivity index (χ0n) is 22.3. The van der Waals surface area contributed by atoms with Gasteiger partial charge in [0, 0.05) is 30.7 Å². The van der Waals surface area contributed by atoms with E-state index in [1.807, 2.05) is 48.0 Å². The summed E-state index contributed by atoms with van der Waals surface area (Å²) in [4.78, 5) is 35.9. The number of anilines is 1. The number of imidazole rings is 1. The van der Waals surface area contributed by atoms with Crippen LogP contribution in [0.5, 0.6) is 0 Å². The van der Waals surface area contributed by atoms with Gasteiger partial charge in [-0.2, -0.15) is 0 Å². The average molecular weight is 580 g/mol.